The van der Waals surface area contributed by atoms with E-state index in [9.17, 15) is 8.42 Å². The molecule has 2 fully saturated rings. The summed E-state index contributed by atoms with van der Waals surface area (Å²) >= 11 is 0. The van der Waals surface area contributed by atoms with E-state index in [0.717, 1.165) is 36.6 Å². The topological polar surface area (TPSA) is 71.5 Å². The first kappa shape index (κ1) is 17.9. The van der Waals surface area contributed by atoms with E-state index in [4.69, 9.17) is 4.74 Å². The zero-order valence-electron chi connectivity index (χ0n) is 14.8. The van der Waals surface area contributed by atoms with Crippen molar-refractivity contribution in [2.45, 2.75) is 31.7 Å². The molecule has 6 nitrogen and oxygen atoms in total. The van der Waals surface area contributed by atoms with Gasteiger partial charge in [0.2, 0.25) is 0 Å². The Hall–Kier alpha value is -1.54. The van der Waals surface area contributed by atoms with E-state index in [0.29, 0.717) is 26.3 Å². The van der Waals surface area contributed by atoms with Gasteiger partial charge in [-0.15, -0.1) is 0 Å². The Morgan fingerprint density at radius 1 is 1.12 bits per heavy atom. The van der Waals surface area contributed by atoms with Crippen molar-refractivity contribution in [1.29, 1.82) is 0 Å². The Morgan fingerprint density at radius 2 is 1.92 bits per heavy atom. The quantitative estimate of drug-likeness (QED) is 0.869. The first-order chi connectivity index (χ1) is 12.6. The molecule has 1 aromatic carbocycles. The summed E-state index contributed by atoms with van der Waals surface area (Å²) in [5.41, 5.74) is 2.16. The highest BCUT2D eigenvalue weighted by Gasteiger charge is 2.34. The zero-order valence-corrected chi connectivity index (χ0v) is 15.6. The number of pyridine rings is 1. The summed E-state index contributed by atoms with van der Waals surface area (Å²) < 4.78 is 35.5. The average molecular weight is 375 g/mol. The van der Waals surface area contributed by atoms with Gasteiger partial charge in [-0.25, -0.2) is 0 Å². The number of hydrogen-bond acceptors (Lipinski definition) is 4. The van der Waals surface area contributed by atoms with Crippen molar-refractivity contribution < 1.29 is 13.2 Å². The van der Waals surface area contributed by atoms with Gasteiger partial charge in [-0.1, -0.05) is 24.6 Å². The van der Waals surface area contributed by atoms with Gasteiger partial charge in [-0.05, 0) is 37.0 Å². The largest absolute Gasteiger partial charge is 0.379 e. The maximum Gasteiger partial charge on any atom is 0.279 e. The number of piperidine rings is 1. The van der Waals surface area contributed by atoms with Gasteiger partial charge < -0.3 is 4.74 Å². The number of rotatable bonds is 5. The van der Waals surface area contributed by atoms with E-state index < -0.39 is 10.2 Å². The molecular weight excluding hydrogens is 350 g/mol. The summed E-state index contributed by atoms with van der Waals surface area (Å²) in [5, 5.41) is 1.12. The van der Waals surface area contributed by atoms with E-state index >= 15 is 0 Å². The van der Waals surface area contributed by atoms with E-state index in [1.165, 1.54) is 5.56 Å². The van der Waals surface area contributed by atoms with Crippen LogP contribution in [0.1, 0.15) is 24.8 Å². The Bertz CT molecular complexity index is 860. The minimum absolute atomic E-state index is 0.125. The summed E-state index contributed by atoms with van der Waals surface area (Å²) in [4.78, 5) is 4.41. The number of para-hydroxylation sites is 1. The molecule has 2 aromatic rings. The molecule has 0 amide bonds. The van der Waals surface area contributed by atoms with E-state index in [-0.39, 0.29) is 12.0 Å². The minimum atomic E-state index is -3.44. The molecule has 0 aliphatic carbocycles. The van der Waals surface area contributed by atoms with Gasteiger partial charge in [0.25, 0.3) is 10.2 Å². The summed E-state index contributed by atoms with van der Waals surface area (Å²) in [6.45, 7) is 2.23. The molecule has 1 N–H and O–H groups in total. The molecule has 4 rings (SSSR count). The second kappa shape index (κ2) is 7.60. The molecule has 0 saturated carbocycles. The van der Waals surface area contributed by atoms with E-state index in [1.807, 2.05) is 30.5 Å². The van der Waals surface area contributed by atoms with Crippen molar-refractivity contribution >= 4 is 21.1 Å². The summed E-state index contributed by atoms with van der Waals surface area (Å²) in [6, 6.07) is 9.90. The van der Waals surface area contributed by atoms with Gasteiger partial charge in [0.1, 0.15) is 0 Å². The standard InChI is InChI=1S/C19H25N3O3S/c23-26(24,22-10-4-1-5-11-22)21-19-14-25-13-16(19)12-15-8-9-20-18-7-3-2-6-17(15)18/h2-3,6-9,16,19,21H,1,4-5,10-14H2/t16-,19+/m1/s1. The molecule has 7 heteroatoms. The molecule has 0 unspecified atom stereocenters. The number of fused-ring (bicyclic) bond motifs is 1. The lowest BCUT2D eigenvalue weighted by molar-refractivity contribution is 0.183. The fourth-order valence-corrected chi connectivity index (χ4v) is 5.45. The lowest BCUT2D eigenvalue weighted by Crippen LogP contribution is -2.49. The first-order valence-electron chi connectivity index (χ1n) is 9.31. The molecule has 2 aliphatic heterocycles. The summed E-state index contributed by atoms with van der Waals surface area (Å²) in [6.07, 6.45) is 5.58. The third-order valence-electron chi connectivity index (χ3n) is 5.38. The molecule has 2 aliphatic rings. The van der Waals surface area contributed by atoms with Crippen LogP contribution >= 0.6 is 0 Å². The Kier molecular flexibility index (Phi) is 5.22. The second-order valence-corrected chi connectivity index (χ2v) is 8.88. The van der Waals surface area contributed by atoms with Crippen molar-refractivity contribution in [2.24, 2.45) is 5.92 Å². The van der Waals surface area contributed by atoms with Crippen LogP contribution in [0.15, 0.2) is 36.5 Å². The van der Waals surface area contributed by atoms with Crippen LogP contribution in [0.25, 0.3) is 10.9 Å². The molecule has 2 atom stereocenters. The van der Waals surface area contributed by atoms with Crippen LogP contribution in [-0.4, -0.2) is 50.1 Å². The van der Waals surface area contributed by atoms with Crippen molar-refractivity contribution in [3.8, 4) is 0 Å². The number of hydrogen-bond donors (Lipinski definition) is 1. The molecule has 2 saturated heterocycles. The molecular formula is C19H25N3O3S. The molecule has 26 heavy (non-hydrogen) atoms. The van der Waals surface area contributed by atoms with Gasteiger partial charge in [0, 0.05) is 30.6 Å². The molecule has 0 bridgehead atoms. The Labute approximate surface area is 154 Å². The van der Waals surface area contributed by atoms with Crippen LogP contribution in [0.4, 0.5) is 0 Å². The summed E-state index contributed by atoms with van der Waals surface area (Å²) in [7, 11) is -3.44. The van der Waals surface area contributed by atoms with Crippen LogP contribution in [0, 0.1) is 5.92 Å². The molecule has 3 heterocycles. The zero-order chi connectivity index (χ0) is 18.0. The van der Waals surface area contributed by atoms with Crippen LogP contribution in [0.2, 0.25) is 0 Å². The number of aromatic nitrogens is 1. The van der Waals surface area contributed by atoms with Crippen molar-refractivity contribution in [3.63, 3.8) is 0 Å². The third kappa shape index (κ3) is 3.76. The Morgan fingerprint density at radius 3 is 2.77 bits per heavy atom. The number of ether oxygens (including phenoxy) is 1. The second-order valence-electron chi connectivity index (χ2n) is 7.18. The van der Waals surface area contributed by atoms with Crippen LogP contribution < -0.4 is 4.72 Å². The van der Waals surface area contributed by atoms with Crippen LogP contribution in [0.3, 0.4) is 0 Å². The number of nitrogens with zero attached hydrogens (tertiary/aromatic N) is 2. The van der Waals surface area contributed by atoms with Crippen LogP contribution in [0.5, 0.6) is 0 Å². The number of benzene rings is 1. The smallest absolute Gasteiger partial charge is 0.279 e. The lowest BCUT2D eigenvalue weighted by atomic mass is 9.93. The van der Waals surface area contributed by atoms with E-state index in [2.05, 4.69) is 15.8 Å². The van der Waals surface area contributed by atoms with Crippen molar-refractivity contribution in [3.05, 3.63) is 42.1 Å². The van der Waals surface area contributed by atoms with Gasteiger partial charge in [0.05, 0.1) is 24.8 Å². The highest BCUT2D eigenvalue weighted by atomic mass is 32.2. The predicted octanol–water partition coefficient (Wildman–Crippen LogP) is 2.11. The Balaban J connectivity index is 1.50. The maximum atomic E-state index is 12.7. The maximum absolute atomic E-state index is 12.7. The number of nitrogens with one attached hydrogen (secondary N) is 1. The van der Waals surface area contributed by atoms with Crippen LogP contribution in [-0.2, 0) is 21.4 Å². The molecule has 0 radical (unpaired) electrons. The first-order valence-corrected chi connectivity index (χ1v) is 10.8. The minimum Gasteiger partial charge on any atom is -0.379 e. The van der Waals surface area contributed by atoms with E-state index in [1.54, 1.807) is 4.31 Å². The SMILES string of the molecule is O=S(=O)(N[C@H]1COC[C@H]1Cc1ccnc2ccccc12)N1CCCCC1. The van der Waals surface area contributed by atoms with Gasteiger partial charge in [0.15, 0.2) is 0 Å². The third-order valence-corrected chi connectivity index (χ3v) is 7.02. The fraction of sp³-hybridized carbons (Fsp3) is 0.526. The van der Waals surface area contributed by atoms with Crippen molar-refractivity contribution in [2.75, 3.05) is 26.3 Å². The van der Waals surface area contributed by atoms with Gasteiger partial charge in [-0.2, -0.15) is 17.4 Å². The monoisotopic (exact) mass is 375 g/mol. The summed E-state index contributed by atoms with van der Waals surface area (Å²) in [5.74, 6) is 0.125. The predicted molar refractivity (Wildman–Crippen MR) is 101 cm³/mol. The fourth-order valence-electron chi connectivity index (χ4n) is 3.92. The molecule has 140 valence electrons. The van der Waals surface area contributed by atoms with Gasteiger partial charge in [-0.3, -0.25) is 4.98 Å². The molecule has 0 spiro atoms. The molecule has 1 aromatic heterocycles. The average Bonchev–Trinajstić information content (AvgIpc) is 3.09. The normalized spacial score (nSPS) is 24.9. The van der Waals surface area contributed by atoms with Gasteiger partial charge >= 0.3 is 0 Å². The highest BCUT2D eigenvalue weighted by Crippen LogP contribution is 2.25. The highest BCUT2D eigenvalue weighted by molar-refractivity contribution is 7.87. The lowest BCUT2D eigenvalue weighted by Gasteiger charge is -2.28. The van der Waals surface area contributed by atoms with Crippen molar-refractivity contribution in [1.82, 2.24) is 14.0 Å².